The molecule has 0 saturated heterocycles. The molecule has 0 bridgehead atoms. The van der Waals surface area contributed by atoms with Gasteiger partial charge in [0, 0.05) is 6.42 Å². The van der Waals surface area contributed by atoms with Gasteiger partial charge in [0.2, 0.25) is 0 Å². The lowest BCUT2D eigenvalue weighted by Crippen LogP contribution is -2.25. The van der Waals surface area contributed by atoms with E-state index in [9.17, 15) is 4.79 Å². The first kappa shape index (κ1) is 11.5. The third-order valence-electron chi connectivity index (χ3n) is 2.25. The van der Waals surface area contributed by atoms with Crippen LogP contribution in [0.3, 0.4) is 0 Å². The van der Waals surface area contributed by atoms with Gasteiger partial charge in [-0.15, -0.1) is 12.4 Å². The number of ketones is 1. The van der Waals surface area contributed by atoms with Crippen molar-refractivity contribution in [2.45, 2.75) is 26.7 Å². The summed E-state index contributed by atoms with van der Waals surface area (Å²) in [6.07, 6.45) is 1.48. The van der Waals surface area contributed by atoms with Gasteiger partial charge in [-0.1, -0.05) is 25.2 Å². The topological polar surface area (TPSA) is 56.0 Å². The Balaban J connectivity index is 0.000000980. The first-order chi connectivity index (χ1) is 5.98. The summed E-state index contributed by atoms with van der Waals surface area (Å²) in [5.74, 6) is 0.195. The average Bonchev–Trinajstić information content (AvgIpc) is 2.27. The van der Waals surface area contributed by atoms with E-state index in [1.165, 1.54) is 11.3 Å². The van der Waals surface area contributed by atoms with E-state index in [1.807, 2.05) is 0 Å². The minimum Gasteiger partial charge on any atom is -0.375 e. The van der Waals surface area contributed by atoms with Crippen molar-refractivity contribution >= 4 is 34.7 Å². The Morgan fingerprint density at radius 1 is 1.43 bits per heavy atom. The maximum atomic E-state index is 11.6. The molecule has 0 amide bonds. The molecule has 1 heterocycles. The fourth-order valence-corrected chi connectivity index (χ4v) is 2.53. The molecule has 0 aliphatic heterocycles. The Kier molecular flexibility index (Phi) is 2.88. The summed E-state index contributed by atoms with van der Waals surface area (Å²) in [6, 6.07) is 0. The second-order valence-corrected chi connectivity index (χ2v) is 5.30. The summed E-state index contributed by atoms with van der Waals surface area (Å²) >= 11 is 1.32. The van der Waals surface area contributed by atoms with Crippen LogP contribution in [0.2, 0.25) is 0 Å². The zero-order valence-corrected chi connectivity index (χ0v) is 9.80. The largest absolute Gasteiger partial charge is 0.375 e. The lowest BCUT2D eigenvalue weighted by atomic mass is 9.78. The molecule has 1 aliphatic rings. The van der Waals surface area contributed by atoms with Crippen molar-refractivity contribution in [3.8, 4) is 0 Å². The van der Waals surface area contributed by atoms with Crippen LogP contribution in [0.25, 0.3) is 0 Å². The third kappa shape index (κ3) is 1.91. The highest BCUT2D eigenvalue weighted by Gasteiger charge is 2.33. The zero-order valence-electron chi connectivity index (χ0n) is 8.16. The van der Waals surface area contributed by atoms with Gasteiger partial charge in [0.15, 0.2) is 10.9 Å². The van der Waals surface area contributed by atoms with E-state index in [1.54, 1.807) is 0 Å². The van der Waals surface area contributed by atoms with Crippen LogP contribution in [0.15, 0.2) is 0 Å². The quantitative estimate of drug-likeness (QED) is 0.747. The van der Waals surface area contributed by atoms with Crippen LogP contribution in [0.4, 0.5) is 5.13 Å². The standard InChI is InChI=1S/C9H12N2OS.ClH/c1-9(2)3-5-7(6(12)4-9)13-8(10)11-5;/h3-4H2,1-2H3,(H2,10,11);1H. The smallest absolute Gasteiger partial charge is 0.180 e. The van der Waals surface area contributed by atoms with Gasteiger partial charge in [0.1, 0.15) is 0 Å². The Bertz CT molecular complexity index is 373. The number of fused-ring (bicyclic) bond motifs is 1. The number of thiazole rings is 1. The van der Waals surface area contributed by atoms with Gasteiger partial charge in [-0.2, -0.15) is 0 Å². The fraction of sp³-hybridized carbons (Fsp3) is 0.556. The number of nitrogen functional groups attached to an aromatic ring is 1. The number of carbonyl (C=O) groups excluding carboxylic acids is 1. The van der Waals surface area contributed by atoms with Gasteiger partial charge in [-0.05, 0) is 11.8 Å². The molecule has 0 radical (unpaired) electrons. The minimum absolute atomic E-state index is 0. The Hall–Kier alpha value is -0.610. The number of hydrogen-bond donors (Lipinski definition) is 1. The second kappa shape index (κ2) is 3.51. The molecule has 3 nitrogen and oxygen atoms in total. The molecule has 2 rings (SSSR count). The number of nitrogens with two attached hydrogens (primary N) is 1. The number of carbonyl (C=O) groups is 1. The van der Waals surface area contributed by atoms with Gasteiger partial charge >= 0.3 is 0 Å². The predicted molar refractivity (Wildman–Crippen MR) is 60.2 cm³/mol. The molecule has 78 valence electrons. The van der Waals surface area contributed by atoms with E-state index in [4.69, 9.17) is 5.73 Å². The molecular weight excluding hydrogens is 220 g/mol. The van der Waals surface area contributed by atoms with Crippen LogP contribution in [-0.2, 0) is 6.42 Å². The average molecular weight is 233 g/mol. The number of nitrogens with zero attached hydrogens (tertiary/aromatic N) is 1. The van der Waals surface area contributed by atoms with Gasteiger partial charge < -0.3 is 5.73 Å². The molecular formula is C9H13ClN2OS. The molecule has 0 unspecified atom stereocenters. The van der Waals surface area contributed by atoms with Gasteiger partial charge in [-0.3, -0.25) is 4.79 Å². The first-order valence-corrected chi connectivity index (χ1v) is 5.08. The van der Waals surface area contributed by atoms with Gasteiger partial charge in [0.25, 0.3) is 0 Å². The lowest BCUT2D eigenvalue weighted by molar-refractivity contribution is 0.0916. The summed E-state index contributed by atoms with van der Waals surface area (Å²) in [4.78, 5) is 16.6. The molecule has 0 saturated carbocycles. The van der Waals surface area contributed by atoms with E-state index in [0.29, 0.717) is 11.6 Å². The number of anilines is 1. The zero-order chi connectivity index (χ0) is 9.64. The maximum Gasteiger partial charge on any atom is 0.180 e. The summed E-state index contributed by atoms with van der Waals surface area (Å²) in [5, 5.41) is 0.510. The summed E-state index contributed by atoms with van der Waals surface area (Å²) in [5.41, 5.74) is 6.50. The first-order valence-electron chi connectivity index (χ1n) is 4.26. The van der Waals surface area contributed by atoms with Crippen molar-refractivity contribution < 1.29 is 4.79 Å². The third-order valence-corrected chi connectivity index (χ3v) is 3.22. The molecule has 2 N–H and O–H groups in total. The van der Waals surface area contributed by atoms with Crippen molar-refractivity contribution in [2.24, 2.45) is 5.41 Å². The van der Waals surface area contributed by atoms with Crippen molar-refractivity contribution in [1.82, 2.24) is 4.98 Å². The molecule has 1 aromatic rings. The van der Waals surface area contributed by atoms with Crippen LogP contribution >= 0.6 is 23.7 Å². The SMILES string of the molecule is CC1(C)CC(=O)c2sc(N)nc2C1.Cl. The molecule has 1 aliphatic carbocycles. The molecule has 14 heavy (non-hydrogen) atoms. The van der Waals surface area contributed by atoms with E-state index < -0.39 is 0 Å². The highest BCUT2D eigenvalue weighted by molar-refractivity contribution is 7.17. The highest BCUT2D eigenvalue weighted by atomic mass is 35.5. The number of halogens is 1. The molecule has 0 aromatic carbocycles. The number of rotatable bonds is 0. The van der Waals surface area contributed by atoms with E-state index in [-0.39, 0.29) is 23.6 Å². The molecule has 1 aromatic heterocycles. The van der Waals surface area contributed by atoms with Gasteiger partial charge in [-0.25, -0.2) is 4.98 Å². The van der Waals surface area contributed by atoms with Crippen LogP contribution in [0.1, 0.15) is 35.6 Å². The Labute approximate surface area is 93.1 Å². The second-order valence-electron chi connectivity index (χ2n) is 4.27. The monoisotopic (exact) mass is 232 g/mol. The van der Waals surface area contributed by atoms with E-state index >= 15 is 0 Å². The summed E-state index contributed by atoms with van der Waals surface area (Å²) in [6.45, 7) is 4.17. The molecule has 0 atom stereocenters. The molecule has 0 spiro atoms. The number of Topliss-reactive ketones (excluding diaryl/α,β-unsaturated/α-hetero) is 1. The minimum atomic E-state index is 0. The number of hydrogen-bond acceptors (Lipinski definition) is 4. The Morgan fingerprint density at radius 3 is 2.71 bits per heavy atom. The van der Waals surface area contributed by atoms with Crippen molar-refractivity contribution in [3.63, 3.8) is 0 Å². The van der Waals surface area contributed by atoms with E-state index in [2.05, 4.69) is 18.8 Å². The molecule has 0 fully saturated rings. The normalized spacial score (nSPS) is 18.6. The maximum absolute atomic E-state index is 11.6. The summed E-state index contributed by atoms with van der Waals surface area (Å²) in [7, 11) is 0. The van der Waals surface area contributed by atoms with Crippen molar-refractivity contribution in [3.05, 3.63) is 10.6 Å². The number of aromatic nitrogens is 1. The van der Waals surface area contributed by atoms with Crippen LogP contribution < -0.4 is 5.73 Å². The van der Waals surface area contributed by atoms with E-state index in [0.717, 1.165) is 17.0 Å². The molecule has 5 heteroatoms. The van der Waals surface area contributed by atoms with Crippen molar-refractivity contribution in [2.75, 3.05) is 5.73 Å². The fourth-order valence-electron chi connectivity index (χ4n) is 1.74. The van der Waals surface area contributed by atoms with Crippen LogP contribution in [0, 0.1) is 5.41 Å². The van der Waals surface area contributed by atoms with Crippen LogP contribution in [0.5, 0.6) is 0 Å². The van der Waals surface area contributed by atoms with Gasteiger partial charge in [0.05, 0.1) is 10.6 Å². The predicted octanol–water partition coefficient (Wildman–Crippen LogP) is 2.30. The van der Waals surface area contributed by atoms with Crippen molar-refractivity contribution in [1.29, 1.82) is 0 Å². The highest BCUT2D eigenvalue weighted by Crippen LogP contribution is 2.37. The van der Waals surface area contributed by atoms with Crippen LogP contribution in [-0.4, -0.2) is 10.8 Å². The summed E-state index contributed by atoms with van der Waals surface area (Å²) < 4.78 is 0. The Morgan fingerprint density at radius 2 is 2.07 bits per heavy atom. The lowest BCUT2D eigenvalue weighted by Gasteiger charge is -2.26.